The van der Waals surface area contributed by atoms with Gasteiger partial charge in [0.25, 0.3) is 0 Å². The van der Waals surface area contributed by atoms with E-state index in [9.17, 15) is 0 Å². The van der Waals surface area contributed by atoms with Gasteiger partial charge in [0.1, 0.15) is 0 Å². The lowest BCUT2D eigenvalue weighted by Gasteiger charge is -2.40. The van der Waals surface area contributed by atoms with E-state index in [1.54, 1.807) is 0 Å². The van der Waals surface area contributed by atoms with Gasteiger partial charge in [-0.1, -0.05) is 243 Å². The maximum atomic E-state index is 2.55. The van der Waals surface area contributed by atoms with Gasteiger partial charge < -0.3 is 9.47 Å². The standard InChI is InChI=1S/C74H48N2/c1-4-19-49(20-5-1)50-35-37-51(38-36-50)52-39-41-55(42-40-52)75(56-43-45-61-60-27-10-14-30-64(60)73(68(61)47-56,53-21-6-2-7-22-53)54-23-8-3-9-24-54)57-44-46-71-69(48-57)74(65-31-15-11-25-58(65)59-26-12-16-32-66(59)74)67-33-18-29-63-62-28-13-17-34-70(62)76(71)72(63)67/h1-48H. The van der Waals surface area contributed by atoms with Crippen LogP contribution >= 0.6 is 0 Å². The van der Waals surface area contributed by atoms with Crippen LogP contribution in [0.15, 0.2) is 291 Å². The maximum absolute atomic E-state index is 2.55. The summed E-state index contributed by atoms with van der Waals surface area (Å²) >= 11 is 0. The Morgan fingerprint density at radius 1 is 0.263 bits per heavy atom. The van der Waals surface area contributed by atoms with E-state index < -0.39 is 10.8 Å². The van der Waals surface area contributed by atoms with Gasteiger partial charge in [-0.3, -0.25) is 0 Å². The number of fused-ring (bicyclic) bond motifs is 15. The van der Waals surface area contributed by atoms with Crippen molar-refractivity contribution in [1.29, 1.82) is 0 Å². The van der Waals surface area contributed by atoms with Crippen LogP contribution < -0.4 is 4.90 Å². The lowest BCUT2D eigenvalue weighted by molar-refractivity contribution is 0.748. The van der Waals surface area contributed by atoms with Crippen LogP contribution in [0.3, 0.4) is 0 Å². The summed E-state index contributed by atoms with van der Waals surface area (Å²) in [6.07, 6.45) is 0. The van der Waals surface area contributed by atoms with Gasteiger partial charge in [0.2, 0.25) is 0 Å². The second kappa shape index (κ2) is 16.4. The topological polar surface area (TPSA) is 8.17 Å². The van der Waals surface area contributed by atoms with E-state index in [1.807, 2.05) is 0 Å². The van der Waals surface area contributed by atoms with Crippen LogP contribution in [0.25, 0.3) is 72.0 Å². The third-order valence-corrected chi connectivity index (χ3v) is 17.1. The van der Waals surface area contributed by atoms with E-state index in [2.05, 4.69) is 301 Å². The molecule has 16 rings (SSSR count). The van der Waals surface area contributed by atoms with Crippen LogP contribution in [-0.2, 0) is 10.8 Å². The average molecular weight is 965 g/mol. The summed E-state index contributed by atoms with van der Waals surface area (Å²) < 4.78 is 2.55. The first kappa shape index (κ1) is 42.7. The molecule has 0 amide bonds. The Labute approximate surface area is 442 Å². The van der Waals surface area contributed by atoms with E-state index in [0.717, 1.165) is 17.1 Å². The van der Waals surface area contributed by atoms with E-state index in [1.165, 1.54) is 117 Å². The minimum atomic E-state index is -0.598. The van der Waals surface area contributed by atoms with E-state index in [4.69, 9.17) is 0 Å². The summed E-state index contributed by atoms with van der Waals surface area (Å²) in [6.45, 7) is 0. The fourth-order valence-corrected chi connectivity index (χ4v) is 14.0. The number of anilines is 3. The summed E-state index contributed by atoms with van der Waals surface area (Å²) in [7, 11) is 0. The largest absolute Gasteiger partial charge is 0.310 e. The molecule has 12 aromatic carbocycles. The lowest BCUT2D eigenvalue weighted by atomic mass is 9.65. The van der Waals surface area contributed by atoms with E-state index >= 15 is 0 Å². The molecule has 2 nitrogen and oxygen atoms in total. The van der Waals surface area contributed by atoms with Gasteiger partial charge in [0.05, 0.1) is 27.6 Å². The van der Waals surface area contributed by atoms with Gasteiger partial charge in [-0.05, 0) is 138 Å². The van der Waals surface area contributed by atoms with Gasteiger partial charge in [-0.15, -0.1) is 0 Å². The van der Waals surface area contributed by atoms with E-state index in [-0.39, 0.29) is 0 Å². The Morgan fingerprint density at radius 3 is 1.29 bits per heavy atom. The molecule has 0 atom stereocenters. The Hall–Kier alpha value is -9.76. The number of benzene rings is 12. The van der Waals surface area contributed by atoms with E-state index in [0.29, 0.717) is 0 Å². The second-order valence-electron chi connectivity index (χ2n) is 20.7. The number of hydrogen-bond donors (Lipinski definition) is 0. The van der Waals surface area contributed by atoms with Crippen molar-refractivity contribution >= 4 is 38.9 Å². The van der Waals surface area contributed by atoms with Crippen molar-refractivity contribution in [2.45, 2.75) is 10.8 Å². The molecule has 2 heterocycles. The highest BCUT2D eigenvalue weighted by Gasteiger charge is 2.51. The first-order valence-electron chi connectivity index (χ1n) is 26.5. The Bertz CT molecular complexity index is 4350. The summed E-state index contributed by atoms with van der Waals surface area (Å²) in [6, 6.07) is 109. The maximum Gasteiger partial charge on any atom is 0.0755 e. The predicted molar refractivity (Wildman–Crippen MR) is 315 cm³/mol. The molecule has 76 heavy (non-hydrogen) atoms. The minimum Gasteiger partial charge on any atom is -0.310 e. The molecule has 0 bridgehead atoms. The van der Waals surface area contributed by atoms with Crippen molar-refractivity contribution in [2.75, 3.05) is 4.90 Å². The molecule has 0 saturated carbocycles. The van der Waals surface area contributed by atoms with Crippen LogP contribution in [-0.4, -0.2) is 4.57 Å². The number of hydrogen-bond acceptors (Lipinski definition) is 1. The molecule has 2 aliphatic carbocycles. The number of para-hydroxylation sites is 2. The Balaban J connectivity index is 0.961. The molecular formula is C74H48N2. The molecule has 13 aromatic rings. The fourth-order valence-electron chi connectivity index (χ4n) is 14.0. The number of nitrogens with zero attached hydrogens (tertiary/aromatic N) is 2. The summed E-state index contributed by atoms with van der Waals surface area (Å²) in [5, 5.41) is 2.54. The third-order valence-electron chi connectivity index (χ3n) is 17.1. The summed E-state index contributed by atoms with van der Waals surface area (Å²) in [5.74, 6) is 0. The van der Waals surface area contributed by atoms with Gasteiger partial charge in [0.15, 0.2) is 0 Å². The monoisotopic (exact) mass is 964 g/mol. The molecule has 1 spiro atoms. The quantitative estimate of drug-likeness (QED) is 0.155. The van der Waals surface area contributed by atoms with Gasteiger partial charge >= 0.3 is 0 Å². The van der Waals surface area contributed by atoms with Crippen LogP contribution in [0, 0.1) is 0 Å². The molecule has 0 fully saturated rings. The van der Waals surface area contributed by atoms with Crippen LogP contribution in [0.4, 0.5) is 17.1 Å². The molecule has 354 valence electrons. The highest BCUT2D eigenvalue weighted by atomic mass is 15.1. The van der Waals surface area contributed by atoms with Crippen molar-refractivity contribution in [1.82, 2.24) is 4.57 Å². The molecule has 0 N–H and O–H groups in total. The van der Waals surface area contributed by atoms with Crippen molar-refractivity contribution in [3.05, 3.63) is 336 Å². The smallest absolute Gasteiger partial charge is 0.0755 e. The summed E-state index contributed by atoms with van der Waals surface area (Å²) in [5.41, 5.74) is 25.9. The molecule has 0 radical (unpaired) electrons. The zero-order chi connectivity index (χ0) is 50.0. The second-order valence-corrected chi connectivity index (χ2v) is 20.7. The van der Waals surface area contributed by atoms with Gasteiger partial charge in [-0.25, -0.2) is 0 Å². The molecule has 1 aliphatic heterocycles. The summed E-state index contributed by atoms with van der Waals surface area (Å²) in [4.78, 5) is 2.51. The van der Waals surface area contributed by atoms with Crippen molar-refractivity contribution < 1.29 is 0 Å². The molecule has 2 heteroatoms. The zero-order valence-corrected chi connectivity index (χ0v) is 41.6. The zero-order valence-electron chi connectivity index (χ0n) is 41.6. The van der Waals surface area contributed by atoms with Crippen molar-refractivity contribution in [3.63, 3.8) is 0 Å². The van der Waals surface area contributed by atoms with Crippen molar-refractivity contribution in [3.8, 4) is 50.2 Å². The normalized spacial score (nSPS) is 13.7. The SMILES string of the molecule is c1ccc(-c2ccc(-c3ccc(N(c4ccc5c(c4)C(c4ccccc4)(c4ccccc4)c4ccccc4-5)c4ccc5c(c4)C4(c6ccccc6-c6ccccc64)c4cccc6c7ccccc7n-5c46)cc3)cc2)cc1. The lowest BCUT2D eigenvalue weighted by Crippen LogP contribution is -2.33. The van der Waals surface area contributed by atoms with Crippen LogP contribution in [0.1, 0.15) is 44.5 Å². The molecular weight excluding hydrogens is 917 g/mol. The fraction of sp³-hybridized carbons (Fsp3) is 0.0270. The van der Waals surface area contributed by atoms with Gasteiger partial charge in [0, 0.05) is 27.8 Å². The van der Waals surface area contributed by atoms with Crippen molar-refractivity contribution in [2.24, 2.45) is 0 Å². The van der Waals surface area contributed by atoms with Gasteiger partial charge in [-0.2, -0.15) is 0 Å². The molecule has 0 unspecified atom stereocenters. The first-order chi connectivity index (χ1) is 37.7. The number of rotatable bonds is 7. The molecule has 0 saturated heterocycles. The van der Waals surface area contributed by atoms with Crippen LogP contribution in [0.2, 0.25) is 0 Å². The highest BCUT2D eigenvalue weighted by Crippen LogP contribution is 2.62. The van der Waals surface area contributed by atoms with Crippen LogP contribution in [0.5, 0.6) is 0 Å². The average Bonchev–Trinajstić information content (AvgIpc) is 4.12. The third kappa shape index (κ3) is 5.81. The Kier molecular flexibility index (Phi) is 9.20. The molecule has 1 aromatic heterocycles. The molecule has 3 aliphatic rings. The minimum absolute atomic E-state index is 0.562. The predicted octanol–water partition coefficient (Wildman–Crippen LogP) is 18.6. The first-order valence-corrected chi connectivity index (χ1v) is 26.5. The highest BCUT2D eigenvalue weighted by molar-refractivity contribution is 6.13. The Morgan fingerprint density at radius 2 is 0.684 bits per heavy atom. The number of aromatic nitrogens is 1.